The standard InChI is InChI=1S/C31H33F3N2O5S/c1-5-22-6-13-26(14-7-22)42(38,39)21(2)29(27-20-25(41-31(32,33)34)12-15-28(27)35-3)36-18-16-30(37,17-19-36)23-8-10-24(40-4)11-9-23/h6-15,20,37H,3,5,16-19H2,1-2,4H3/b29-21-. The number of aliphatic imine (C=N–C) groups is 1. The molecule has 3 aromatic carbocycles. The van der Waals surface area contributed by atoms with Crippen molar-refractivity contribution in [3.05, 3.63) is 88.3 Å². The van der Waals surface area contributed by atoms with Crippen LogP contribution in [-0.4, -0.2) is 51.7 Å². The molecule has 1 saturated heterocycles. The van der Waals surface area contributed by atoms with E-state index < -0.39 is 27.6 Å². The first-order valence-corrected chi connectivity index (χ1v) is 14.8. The molecule has 42 heavy (non-hydrogen) atoms. The topological polar surface area (TPSA) is 88.4 Å². The van der Waals surface area contributed by atoms with E-state index in [1.54, 1.807) is 48.4 Å². The van der Waals surface area contributed by atoms with Gasteiger partial charge in [-0.3, -0.25) is 4.99 Å². The third-order valence-corrected chi connectivity index (χ3v) is 9.43. The molecule has 11 heteroatoms. The smallest absolute Gasteiger partial charge is 0.497 e. The zero-order valence-corrected chi connectivity index (χ0v) is 24.4. The molecule has 1 fully saturated rings. The number of hydrogen-bond donors (Lipinski definition) is 1. The Balaban J connectivity index is 1.82. The molecular formula is C31H33F3N2O5S. The Morgan fingerprint density at radius 2 is 1.62 bits per heavy atom. The number of sulfone groups is 1. The SMILES string of the molecule is C=Nc1ccc(OC(F)(F)F)cc1/C(=C(\C)S(=O)(=O)c1ccc(CC)cc1)N1CCC(O)(c2ccc(OC)cc2)CC1. The molecule has 1 aliphatic heterocycles. The van der Waals surface area contributed by atoms with Gasteiger partial charge in [-0.15, -0.1) is 13.2 Å². The van der Waals surface area contributed by atoms with Gasteiger partial charge in [0, 0.05) is 18.7 Å². The van der Waals surface area contributed by atoms with E-state index in [1.165, 1.54) is 25.1 Å². The van der Waals surface area contributed by atoms with Crippen LogP contribution in [-0.2, 0) is 21.9 Å². The number of benzene rings is 3. The van der Waals surface area contributed by atoms with Gasteiger partial charge in [-0.1, -0.05) is 31.2 Å². The third kappa shape index (κ3) is 6.63. The monoisotopic (exact) mass is 602 g/mol. The molecule has 1 aliphatic rings. The first-order valence-electron chi connectivity index (χ1n) is 13.3. The first kappa shape index (κ1) is 31.1. The van der Waals surface area contributed by atoms with Gasteiger partial charge in [-0.2, -0.15) is 0 Å². The number of nitrogens with zero attached hydrogens (tertiary/aromatic N) is 2. The maximum atomic E-state index is 13.9. The van der Waals surface area contributed by atoms with Crippen LogP contribution in [0.15, 0.2) is 81.5 Å². The van der Waals surface area contributed by atoms with Gasteiger partial charge in [0.1, 0.15) is 11.5 Å². The Bertz CT molecular complexity index is 1560. The lowest BCUT2D eigenvalue weighted by atomic mass is 9.84. The Hall–Kier alpha value is -3.83. The van der Waals surface area contributed by atoms with Gasteiger partial charge in [0.05, 0.1) is 33.9 Å². The van der Waals surface area contributed by atoms with E-state index in [-0.39, 0.29) is 52.7 Å². The number of alkyl halides is 3. The van der Waals surface area contributed by atoms with Gasteiger partial charge in [-0.25, -0.2) is 8.42 Å². The van der Waals surface area contributed by atoms with Gasteiger partial charge in [0.2, 0.25) is 9.84 Å². The minimum Gasteiger partial charge on any atom is -0.497 e. The normalized spacial score (nSPS) is 16.0. The molecule has 0 aromatic heterocycles. The summed E-state index contributed by atoms with van der Waals surface area (Å²) >= 11 is 0. The van der Waals surface area contributed by atoms with Crippen LogP contribution in [0.3, 0.4) is 0 Å². The predicted molar refractivity (Wildman–Crippen MR) is 156 cm³/mol. The minimum atomic E-state index is -4.95. The van der Waals surface area contributed by atoms with Crippen molar-refractivity contribution in [2.24, 2.45) is 4.99 Å². The number of methoxy groups -OCH3 is 1. The number of allylic oxidation sites excluding steroid dienone is 1. The number of rotatable bonds is 9. The highest BCUT2D eigenvalue weighted by molar-refractivity contribution is 7.95. The summed E-state index contributed by atoms with van der Waals surface area (Å²) in [6, 6.07) is 17.1. The van der Waals surface area contributed by atoms with Crippen molar-refractivity contribution in [3.8, 4) is 11.5 Å². The number of ether oxygens (including phenoxy) is 2. The average Bonchev–Trinajstić information content (AvgIpc) is 2.97. The molecule has 1 heterocycles. The minimum absolute atomic E-state index is 0.0530. The van der Waals surface area contributed by atoms with Crippen LogP contribution in [0.2, 0.25) is 0 Å². The maximum absolute atomic E-state index is 13.9. The van der Waals surface area contributed by atoms with Gasteiger partial charge in [0.25, 0.3) is 0 Å². The molecule has 0 radical (unpaired) electrons. The third-order valence-electron chi connectivity index (χ3n) is 7.54. The van der Waals surface area contributed by atoms with Gasteiger partial charge >= 0.3 is 6.36 Å². The molecule has 0 saturated carbocycles. The lowest BCUT2D eigenvalue weighted by molar-refractivity contribution is -0.274. The van der Waals surface area contributed by atoms with E-state index in [4.69, 9.17) is 4.74 Å². The average molecular weight is 603 g/mol. The van der Waals surface area contributed by atoms with Crippen molar-refractivity contribution in [3.63, 3.8) is 0 Å². The lowest BCUT2D eigenvalue weighted by Gasteiger charge is -2.41. The Morgan fingerprint density at radius 3 is 2.14 bits per heavy atom. The summed E-state index contributed by atoms with van der Waals surface area (Å²) in [5, 5.41) is 11.5. The summed E-state index contributed by atoms with van der Waals surface area (Å²) in [5.74, 6) is 0.120. The summed E-state index contributed by atoms with van der Waals surface area (Å²) in [6.45, 7) is 7.34. The largest absolute Gasteiger partial charge is 0.573 e. The van der Waals surface area contributed by atoms with Crippen molar-refractivity contribution in [1.82, 2.24) is 4.90 Å². The summed E-state index contributed by atoms with van der Waals surface area (Å²) in [4.78, 5) is 5.71. The number of hydrogen-bond acceptors (Lipinski definition) is 7. The van der Waals surface area contributed by atoms with E-state index in [1.807, 2.05) is 6.92 Å². The van der Waals surface area contributed by atoms with Crippen molar-refractivity contribution in [2.75, 3.05) is 20.2 Å². The molecule has 1 N–H and O–H groups in total. The highest BCUT2D eigenvalue weighted by Gasteiger charge is 2.37. The molecule has 0 amide bonds. The van der Waals surface area contributed by atoms with Crippen LogP contribution >= 0.6 is 0 Å². The van der Waals surface area contributed by atoms with Crippen molar-refractivity contribution in [1.29, 1.82) is 0 Å². The molecule has 0 bridgehead atoms. The first-order chi connectivity index (χ1) is 19.8. The lowest BCUT2D eigenvalue weighted by Crippen LogP contribution is -2.42. The molecule has 7 nitrogen and oxygen atoms in total. The van der Waals surface area contributed by atoms with E-state index in [2.05, 4.69) is 16.4 Å². The second-order valence-electron chi connectivity index (χ2n) is 10.0. The van der Waals surface area contributed by atoms with E-state index in [0.29, 0.717) is 11.3 Å². The number of piperidine rings is 1. The van der Waals surface area contributed by atoms with Crippen LogP contribution < -0.4 is 9.47 Å². The fraction of sp³-hybridized carbons (Fsp3) is 0.323. The molecule has 0 unspecified atom stereocenters. The van der Waals surface area contributed by atoms with Gasteiger partial charge in [0.15, 0.2) is 0 Å². The number of aryl methyl sites for hydroxylation is 1. The van der Waals surface area contributed by atoms with Crippen LogP contribution in [0.4, 0.5) is 18.9 Å². The Kier molecular flexibility index (Phi) is 9.03. The van der Waals surface area contributed by atoms with Crippen molar-refractivity contribution < 1.29 is 36.2 Å². The Labute approximate surface area is 243 Å². The fourth-order valence-electron chi connectivity index (χ4n) is 5.12. The number of aliphatic hydroxyl groups is 1. The number of likely N-dealkylation sites (tertiary alicyclic amines) is 1. The Morgan fingerprint density at radius 1 is 1.02 bits per heavy atom. The van der Waals surface area contributed by atoms with Crippen LogP contribution in [0.25, 0.3) is 5.70 Å². The molecule has 0 spiro atoms. The van der Waals surface area contributed by atoms with Crippen LogP contribution in [0.5, 0.6) is 11.5 Å². The fourth-order valence-corrected chi connectivity index (χ4v) is 6.46. The highest BCUT2D eigenvalue weighted by Crippen LogP contribution is 2.42. The van der Waals surface area contributed by atoms with Gasteiger partial charge in [-0.05, 0) is 86.5 Å². The van der Waals surface area contributed by atoms with E-state index in [9.17, 15) is 26.7 Å². The molecule has 4 rings (SSSR count). The zero-order valence-electron chi connectivity index (χ0n) is 23.6. The summed E-state index contributed by atoms with van der Waals surface area (Å²) in [6.07, 6.45) is -3.76. The van der Waals surface area contributed by atoms with Crippen molar-refractivity contribution in [2.45, 2.75) is 50.0 Å². The molecule has 3 aromatic rings. The molecule has 0 atom stereocenters. The second-order valence-corrected chi connectivity index (χ2v) is 12.1. The summed E-state index contributed by atoms with van der Waals surface area (Å²) in [5.41, 5.74) is 0.917. The quantitative estimate of drug-likeness (QED) is 0.277. The van der Waals surface area contributed by atoms with E-state index >= 15 is 0 Å². The van der Waals surface area contributed by atoms with Crippen LogP contribution in [0.1, 0.15) is 43.4 Å². The van der Waals surface area contributed by atoms with E-state index in [0.717, 1.165) is 24.1 Å². The molecular weight excluding hydrogens is 569 g/mol. The van der Waals surface area contributed by atoms with Crippen LogP contribution in [0, 0.1) is 0 Å². The highest BCUT2D eigenvalue weighted by atomic mass is 32.2. The van der Waals surface area contributed by atoms with Crippen molar-refractivity contribution >= 4 is 27.9 Å². The summed E-state index contributed by atoms with van der Waals surface area (Å²) in [7, 11) is -2.54. The second kappa shape index (κ2) is 12.2. The molecule has 0 aliphatic carbocycles. The molecule has 224 valence electrons. The zero-order chi connectivity index (χ0) is 30.7. The summed E-state index contributed by atoms with van der Waals surface area (Å²) < 4.78 is 76.6. The maximum Gasteiger partial charge on any atom is 0.573 e. The number of halogens is 3. The van der Waals surface area contributed by atoms with Gasteiger partial charge < -0.3 is 19.5 Å². The predicted octanol–water partition coefficient (Wildman–Crippen LogP) is 6.63.